The summed E-state index contributed by atoms with van der Waals surface area (Å²) in [4.78, 5) is 11.7. The summed E-state index contributed by atoms with van der Waals surface area (Å²) in [5, 5.41) is 0. The van der Waals surface area contributed by atoms with Gasteiger partial charge in [0.1, 0.15) is 5.92 Å². The normalized spacial score (nSPS) is 39.2. The second-order valence-electron chi connectivity index (χ2n) is 5.09. The van der Waals surface area contributed by atoms with Gasteiger partial charge in [0.2, 0.25) is 0 Å². The smallest absolute Gasteiger partial charge is 0.315 e. The van der Waals surface area contributed by atoms with Gasteiger partial charge in [0, 0.05) is 5.92 Å². The highest BCUT2D eigenvalue weighted by molar-refractivity contribution is 5.76. The van der Waals surface area contributed by atoms with Crippen molar-refractivity contribution in [1.29, 1.82) is 0 Å². The summed E-state index contributed by atoms with van der Waals surface area (Å²) in [6, 6.07) is 0. The van der Waals surface area contributed by atoms with Gasteiger partial charge in [0.05, 0.1) is 19.3 Å². The minimum absolute atomic E-state index is 0.0689. The predicted octanol–water partition coefficient (Wildman–Crippen LogP) is 2.23. The van der Waals surface area contributed by atoms with E-state index in [1.807, 2.05) is 12.2 Å². The zero-order chi connectivity index (χ0) is 11.8. The molecule has 0 spiro atoms. The molecule has 3 rings (SSSR count). The van der Waals surface area contributed by atoms with Gasteiger partial charge in [-0.15, -0.1) is 0 Å². The molecule has 3 nitrogen and oxygen atoms in total. The van der Waals surface area contributed by atoms with Crippen LogP contribution in [0.1, 0.15) is 25.7 Å². The van der Waals surface area contributed by atoms with Crippen LogP contribution in [-0.4, -0.2) is 25.3 Å². The van der Waals surface area contributed by atoms with Crippen LogP contribution in [0.15, 0.2) is 23.8 Å². The van der Waals surface area contributed by atoms with E-state index in [1.165, 1.54) is 31.9 Å². The third-order valence-corrected chi connectivity index (χ3v) is 4.19. The van der Waals surface area contributed by atoms with Gasteiger partial charge in [0.25, 0.3) is 0 Å². The molecule has 0 bridgehead atoms. The van der Waals surface area contributed by atoms with E-state index in [1.54, 1.807) is 0 Å². The van der Waals surface area contributed by atoms with Crippen molar-refractivity contribution < 1.29 is 14.3 Å². The summed E-state index contributed by atoms with van der Waals surface area (Å²) < 4.78 is 10.9. The minimum atomic E-state index is -0.245. The van der Waals surface area contributed by atoms with Crippen LogP contribution >= 0.6 is 0 Å². The van der Waals surface area contributed by atoms with Crippen molar-refractivity contribution in [1.82, 2.24) is 0 Å². The average Bonchev–Trinajstić information content (AvgIpc) is 2.76. The fourth-order valence-electron chi connectivity index (χ4n) is 3.35. The lowest BCUT2D eigenvalue weighted by molar-refractivity contribution is -0.147. The molecule has 3 heteroatoms. The van der Waals surface area contributed by atoms with Crippen LogP contribution in [-0.2, 0) is 14.3 Å². The van der Waals surface area contributed by atoms with Gasteiger partial charge < -0.3 is 9.47 Å². The molecule has 4 atom stereocenters. The molecular formula is C14H18O3. The Morgan fingerprint density at radius 2 is 2.24 bits per heavy atom. The first-order chi connectivity index (χ1) is 8.31. The maximum absolute atomic E-state index is 11.7. The fourth-order valence-corrected chi connectivity index (χ4v) is 3.35. The molecule has 0 aromatic carbocycles. The Labute approximate surface area is 101 Å². The lowest BCUT2D eigenvalue weighted by atomic mass is 9.78. The average molecular weight is 234 g/mol. The van der Waals surface area contributed by atoms with Crippen LogP contribution in [0.3, 0.4) is 0 Å². The SMILES string of the molecule is COC(=O)C1C=CC=C2C3CCCCC3OC21. The molecule has 1 aliphatic heterocycles. The maximum atomic E-state index is 11.7. The largest absolute Gasteiger partial charge is 0.468 e. The number of hydrogen-bond donors (Lipinski definition) is 0. The molecule has 0 aromatic rings. The van der Waals surface area contributed by atoms with Crippen molar-refractivity contribution in [2.75, 3.05) is 7.11 Å². The number of ether oxygens (including phenoxy) is 2. The molecule has 4 unspecified atom stereocenters. The van der Waals surface area contributed by atoms with Crippen LogP contribution in [0.25, 0.3) is 0 Å². The Morgan fingerprint density at radius 1 is 1.41 bits per heavy atom. The minimum Gasteiger partial charge on any atom is -0.468 e. The summed E-state index contributed by atoms with van der Waals surface area (Å²) in [7, 11) is 1.44. The van der Waals surface area contributed by atoms with Gasteiger partial charge >= 0.3 is 5.97 Å². The van der Waals surface area contributed by atoms with Crippen LogP contribution in [0.5, 0.6) is 0 Å². The van der Waals surface area contributed by atoms with Crippen molar-refractivity contribution >= 4 is 5.97 Å². The second kappa shape index (κ2) is 4.30. The number of esters is 1. The molecule has 1 saturated carbocycles. The van der Waals surface area contributed by atoms with Crippen molar-refractivity contribution in [3.8, 4) is 0 Å². The second-order valence-corrected chi connectivity index (χ2v) is 5.09. The molecule has 0 radical (unpaired) electrons. The lowest BCUT2D eigenvalue weighted by Gasteiger charge is -2.24. The highest BCUT2D eigenvalue weighted by Gasteiger charge is 2.46. The zero-order valence-electron chi connectivity index (χ0n) is 10.1. The van der Waals surface area contributed by atoms with E-state index < -0.39 is 0 Å². The maximum Gasteiger partial charge on any atom is 0.315 e. The van der Waals surface area contributed by atoms with Gasteiger partial charge in [-0.25, -0.2) is 0 Å². The van der Waals surface area contributed by atoms with E-state index in [0.717, 1.165) is 6.42 Å². The van der Waals surface area contributed by atoms with Crippen molar-refractivity contribution in [2.24, 2.45) is 11.8 Å². The van der Waals surface area contributed by atoms with Gasteiger partial charge in [-0.3, -0.25) is 4.79 Å². The van der Waals surface area contributed by atoms with Gasteiger partial charge in [-0.2, -0.15) is 0 Å². The van der Waals surface area contributed by atoms with Crippen molar-refractivity contribution in [3.63, 3.8) is 0 Å². The van der Waals surface area contributed by atoms with E-state index in [0.29, 0.717) is 12.0 Å². The fraction of sp³-hybridized carbons (Fsp3) is 0.643. The van der Waals surface area contributed by atoms with Crippen molar-refractivity contribution in [2.45, 2.75) is 37.9 Å². The Balaban J connectivity index is 1.86. The summed E-state index contributed by atoms with van der Waals surface area (Å²) in [6.45, 7) is 0. The van der Waals surface area contributed by atoms with E-state index in [9.17, 15) is 4.79 Å². The molecule has 1 heterocycles. The molecular weight excluding hydrogens is 216 g/mol. The van der Waals surface area contributed by atoms with Crippen LogP contribution < -0.4 is 0 Å². The predicted molar refractivity (Wildman–Crippen MR) is 63.3 cm³/mol. The van der Waals surface area contributed by atoms with Crippen LogP contribution in [0, 0.1) is 11.8 Å². The highest BCUT2D eigenvalue weighted by Crippen LogP contribution is 2.45. The standard InChI is InChI=1S/C14H18O3/c1-16-14(15)11-7-4-6-10-9-5-2-3-8-12(9)17-13(10)11/h4,6-7,9,11-13H,2-3,5,8H2,1H3. The van der Waals surface area contributed by atoms with E-state index in [-0.39, 0.29) is 18.0 Å². The van der Waals surface area contributed by atoms with E-state index >= 15 is 0 Å². The monoisotopic (exact) mass is 234 g/mol. The molecule has 2 aliphatic carbocycles. The Hall–Kier alpha value is -1.09. The van der Waals surface area contributed by atoms with Crippen LogP contribution in [0.4, 0.5) is 0 Å². The molecule has 3 aliphatic rings. The molecule has 17 heavy (non-hydrogen) atoms. The number of rotatable bonds is 1. The van der Waals surface area contributed by atoms with E-state index in [4.69, 9.17) is 9.47 Å². The highest BCUT2D eigenvalue weighted by atomic mass is 16.5. The molecule has 0 aromatic heterocycles. The first-order valence-electron chi connectivity index (χ1n) is 6.43. The molecule has 92 valence electrons. The third kappa shape index (κ3) is 1.73. The van der Waals surface area contributed by atoms with Crippen LogP contribution in [0.2, 0.25) is 0 Å². The van der Waals surface area contributed by atoms with Gasteiger partial charge in [0.15, 0.2) is 0 Å². The third-order valence-electron chi connectivity index (χ3n) is 4.19. The first-order valence-corrected chi connectivity index (χ1v) is 6.43. The summed E-state index contributed by atoms with van der Waals surface area (Å²) in [5.41, 5.74) is 1.31. The zero-order valence-corrected chi connectivity index (χ0v) is 10.1. The lowest BCUT2D eigenvalue weighted by Crippen LogP contribution is -2.30. The van der Waals surface area contributed by atoms with E-state index in [2.05, 4.69) is 6.08 Å². The number of carbonyl (C=O) groups excluding carboxylic acids is 1. The Morgan fingerprint density at radius 3 is 3.06 bits per heavy atom. The summed E-state index contributed by atoms with van der Waals surface area (Å²) >= 11 is 0. The molecule has 0 amide bonds. The molecule has 2 fully saturated rings. The van der Waals surface area contributed by atoms with Crippen molar-refractivity contribution in [3.05, 3.63) is 23.8 Å². The number of allylic oxidation sites excluding steroid dienone is 2. The van der Waals surface area contributed by atoms with Gasteiger partial charge in [-0.05, 0) is 18.4 Å². The summed E-state index contributed by atoms with van der Waals surface area (Å²) in [6.07, 6.45) is 11.1. The number of hydrogen-bond acceptors (Lipinski definition) is 3. The quantitative estimate of drug-likeness (QED) is 0.653. The number of methoxy groups -OCH3 is 1. The summed E-state index contributed by atoms with van der Waals surface area (Å²) in [5.74, 6) is 0.104. The molecule has 0 N–H and O–H groups in total. The number of carbonyl (C=O) groups is 1. The van der Waals surface area contributed by atoms with Gasteiger partial charge in [-0.1, -0.05) is 31.1 Å². The molecule has 1 saturated heterocycles. The Kier molecular flexibility index (Phi) is 2.79. The topological polar surface area (TPSA) is 35.5 Å². The Bertz CT molecular complexity index is 383. The number of fused-ring (bicyclic) bond motifs is 3. The first kappa shape index (κ1) is 11.0.